The molecule has 2 fully saturated rings. The zero-order valence-electron chi connectivity index (χ0n) is 15.5. The van der Waals surface area contributed by atoms with Gasteiger partial charge >= 0.3 is 0 Å². The van der Waals surface area contributed by atoms with E-state index in [2.05, 4.69) is 30.9 Å². The van der Waals surface area contributed by atoms with Gasteiger partial charge in [0.1, 0.15) is 0 Å². The van der Waals surface area contributed by atoms with E-state index in [1.807, 2.05) is 17.0 Å². The Kier molecular flexibility index (Phi) is 6.10. The molecule has 0 aromatic heterocycles. The van der Waals surface area contributed by atoms with Crippen molar-refractivity contribution < 1.29 is 9.53 Å². The molecule has 1 aromatic rings. The van der Waals surface area contributed by atoms with Crippen LogP contribution in [0.4, 0.5) is 0 Å². The number of rotatable bonds is 4. The van der Waals surface area contributed by atoms with Gasteiger partial charge in [-0.1, -0.05) is 12.1 Å². The van der Waals surface area contributed by atoms with Crippen LogP contribution < -0.4 is 5.73 Å². The fourth-order valence-electron chi connectivity index (χ4n) is 3.98. The van der Waals surface area contributed by atoms with Crippen LogP contribution in [0.25, 0.3) is 0 Å². The molecule has 1 amide bonds. The van der Waals surface area contributed by atoms with Crippen LogP contribution in [0.5, 0.6) is 0 Å². The van der Waals surface area contributed by atoms with Crippen molar-refractivity contribution in [1.29, 1.82) is 0 Å². The Morgan fingerprint density at radius 3 is 2.28 bits per heavy atom. The molecular weight excluding hydrogens is 314 g/mol. The first-order chi connectivity index (χ1) is 12.0. The van der Waals surface area contributed by atoms with E-state index in [0.717, 1.165) is 57.7 Å². The van der Waals surface area contributed by atoms with Crippen molar-refractivity contribution in [3.8, 4) is 0 Å². The molecule has 2 heterocycles. The van der Waals surface area contributed by atoms with Crippen molar-refractivity contribution in [2.45, 2.75) is 45.4 Å². The fraction of sp³-hybridized carbons (Fsp3) is 0.650. The second kappa shape index (κ2) is 8.30. The van der Waals surface area contributed by atoms with Crippen molar-refractivity contribution in [2.75, 3.05) is 32.7 Å². The molecule has 3 rings (SSSR count). The molecular formula is C20H31N3O2. The molecule has 2 aliphatic heterocycles. The van der Waals surface area contributed by atoms with Gasteiger partial charge in [-0.05, 0) is 56.8 Å². The van der Waals surface area contributed by atoms with Crippen molar-refractivity contribution in [3.63, 3.8) is 0 Å². The highest BCUT2D eigenvalue weighted by Crippen LogP contribution is 2.19. The summed E-state index contributed by atoms with van der Waals surface area (Å²) in [6, 6.07) is 8.12. The predicted octanol–water partition coefficient (Wildman–Crippen LogP) is 2.11. The summed E-state index contributed by atoms with van der Waals surface area (Å²) < 4.78 is 5.79. The Balaban J connectivity index is 1.56. The molecule has 2 saturated heterocycles. The van der Waals surface area contributed by atoms with Crippen LogP contribution in [-0.2, 0) is 11.3 Å². The number of nitrogens with zero attached hydrogens (tertiary/aromatic N) is 2. The highest BCUT2D eigenvalue weighted by Gasteiger charge is 2.24. The molecule has 0 saturated carbocycles. The summed E-state index contributed by atoms with van der Waals surface area (Å²) in [4.78, 5) is 17.0. The van der Waals surface area contributed by atoms with Gasteiger partial charge in [0.15, 0.2) is 0 Å². The minimum atomic E-state index is 0.149. The van der Waals surface area contributed by atoms with Gasteiger partial charge in [-0.3, -0.25) is 9.69 Å². The number of nitrogens with two attached hydrogens (primary N) is 1. The number of morpholine rings is 1. The van der Waals surface area contributed by atoms with E-state index in [1.165, 1.54) is 5.56 Å². The maximum Gasteiger partial charge on any atom is 0.253 e. The van der Waals surface area contributed by atoms with Crippen molar-refractivity contribution in [1.82, 2.24) is 9.80 Å². The second-order valence-corrected chi connectivity index (χ2v) is 7.62. The van der Waals surface area contributed by atoms with Crippen molar-refractivity contribution >= 4 is 5.91 Å². The van der Waals surface area contributed by atoms with Gasteiger partial charge < -0.3 is 15.4 Å². The highest BCUT2D eigenvalue weighted by molar-refractivity contribution is 5.94. The van der Waals surface area contributed by atoms with Gasteiger partial charge in [-0.2, -0.15) is 0 Å². The fourth-order valence-corrected chi connectivity index (χ4v) is 3.98. The smallest absolute Gasteiger partial charge is 0.253 e. The molecule has 0 radical (unpaired) electrons. The molecule has 1 aromatic carbocycles. The third kappa shape index (κ3) is 4.81. The van der Waals surface area contributed by atoms with E-state index in [9.17, 15) is 4.79 Å². The van der Waals surface area contributed by atoms with E-state index in [4.69, 9.17) is 10.5 Å². The number of amides is 1. The number of hydrogen-bond acceptors (Lipinski definition) is 4. The SMILES string of the molecule is C[C@H]1CN(Cc2ccc(C(=O)N3CCC(CN)CC3)cc2)C[C@H](C)O1. The van der Waals surface area contributed by atoms with Crippen LogP contribution in [0.15, 0.2) is 24.3 Å². The topological polar surface area (TPSA) is 58.8 Å². The lowest BCUT2D eigenvalue weighted by Gasteiger charge is -2.35. The Morgan fingerprint density at radius 1 is 1.12 bits per heavy atom. The number of piperidine rings is 1. The average Bonchev–Trinajstić information content (AvgIpc) is 2.61. The second-order valence-electron chi connectivity index (χ2n) is 7.62. The molecule has 0 aliphatic carbocycles. The van der Waals surface area contributed by atoms with Crippen LogP contribution in [-0.4, -0.2) is 60.6 Å². The van der Waals surface area contributed by atoms with E-state index >= 15 is 0 Å². The lowest BCUT2D eigenvalue weighted by Crippen LogP contribution is -2.44. The standard InChI is InChI=1S/C20H31N3O2/c1-15-12-22(13-16(2)25-15)14-18-3-5-19(6-4-18)20(24)23-9-7-17(11-21)8-10-23/h3-6,15-17H,7-14,21H2,1-2H3/t15-,16-/m0/s1. The van der Waals surface area contributed by atoms with Gasteiger partial charge in [0.25, 0.3) is 5.91 Å². The summed E-state index contributed by atoms with van der Waals surface area (Å²) >= 11 is 0. The van der Waals surface area contributed by atoms with Gasteiger partial charge in [-0.15, -0.1) is 0 Å². The van der Waals surface area contributed by atoms with Gasteiger partial charge in [0, 0.05) is 38.3 Å². The number of benzene rings is 1. The van der Waals surface area contributed by atoms with Crippen LogP contribution >= 0.6 is 0 Å². The third-order valence-corrected chi connectivity index (χ3v) is 5.34. The molecule has 0 unspecified atom stereocenters. The number of hydrogen-bond donors (Lipinski definition) is 1. The summed E-state index contributed by atoms with van der Waals surface area (Å²) in [5, 5.41) is 0. The van der Waals surface area contributed by atoms with Crippen LogP contribution in [0, 0.1) is 5.92 Å². The monoisotopic (exact) mass is 345 g/mol. The summed E-state index contributed by atoms with van der Waals surface area (Å²) in [5.41, 5.74) is 7.77. The van der Waals surface area contributed by atoms with E-state index in [-0.39, 0.29) is 18.1 Å². The normalized spacial score (nSPS) is 26.0. The molecule has 2 aliphatic rings. The van der Waals surface area contributed by atoms with Gasteiger partial charge in [0.2, 0.25) is 0 Å². The number of carbonyl (C=O) groups excluding carboxylic acids is 1. The van der Waals surface area contributed by atoms with Gasteiger partial charge in [0.05, 0.1) is 12.2 Å². The number of likely N-dealkylation sites (tertiary alicyclic amines) is 1. The first-order valence-electron chi connectivity index (χ1n) is 9.51. The lowest BCUT2D eigenvalue weighted by molar-refractivity contribution is -0.0704. The summed E-state index contributed by atoms with van der Waals surface area (Å²) in [6.45, 7) is 9.46. The first-order valence-corrected chi connectivity index (χ1v) is 9.51. The Bertz CT molecular complexity index is 557. The zero-order valence-corrected chi connectivity index (χ0v) is 15.5. The highest BCUT2D eigenvalue weighted by atomic mass is 16.5. The van der Waals surface area contributed by atoms with E-state index in [0.29, 0.717) is 5.92 Å². The molecule has 25 heavy (non-hydrogen) atoms. The molecule has 0 spiro atoms. The van der Waals surface area contributed by atoms with Crippen molar-refractivity contribution in [3.05, 3.63) is 35.4 Å². The molecule has 5 heteroatoms. The minimum absolute atomic E-state index is 0.149. The molecule has 138 valence electrons. The molecule has 2 N–H and O–H groups in total. The largest absolute Gasteiger partial charge is 0.373 e. The summed E-state index contributed by atoms with van der Waals surface area (Å²) in [5.74, 6) is 0.723. The predicted molar refractivity (Wildman–Crippen MR) is 99.4 cm³/mol. The third-order valence-electron chi connectivity index (χ3n) is 5.34. The molecule has 5 nitrogen and oxygen atoms in total. The Labute approximate surface area is 151 Å². The van der Waals surface area contributed by atoms with Crippen molar-refractivity contribution in [2.24, 2.45) is 11.7 Å². The van der Waals surface area contributed by atoms with E-state index < -0.39 is 0 Å². The van der Waals surface area contributed by atoms with Gasteiger partial charge in [-0.25, -0.2) is 0 Å². The zero-order chi connectivity index (χ0) is 17.8. The maximum absolute atomic E-state index is 12.6. The summed E-state index contributed by atoms with van der Waals surface area (Å²) in [6.07, 6.45) is 2.60. The Morgan fingerprint density at radius 2 is 1.72 bits per heavy atom. The first kappa shape index (κ1) is 18.4. The minimum Gasteiger partial charge on any atom is -0.373 e. The average molecular weight is 345 g/mol. The van der Waals surface area contributed by atoms with Crippen LogP contribution in [0.2, 0.25) is 0 Å². The van der Waals surface area contributed by atoms with Crippen LogP contribution in [0.1, 0.15) is 42.6 Å². The number of carbonyl (C=O) groups is 1. The quantitative estimate of drug-likeness (QED) is 0.908. The Hall–Kier alpha value is -1.43. The van der Waals surface area contributed by atoms with E-state index in [1.54, 1.807) is 0 Å². The van der Waals surface area contributed by atoms with Crippen LogP contribution in [0.3, 0.4) is 0 Å². The maximum atomic E-state index is 12.6. The summed E-state index contributed by atoms with van der Waals surface area (Å²) in [7, 11) is 0. The molecule has 2 atom stereocenters. The number of ether oxygens (including phenoxy) is 1. The lowest BCUT2D eigenvalue weighted by atomic mass is 9.96. The molecule has 0 bridgehead atoms.